The lowest BCUT2D eigenvalue weighted by molar-refractivity contribution is -0.111. The van der Waals surface area contributed by atoms with Crippen molar-refractivity contribution in [1.82, 2.24) is 0 Å². The molecule has 140 valence electrons. The number of para-hydroxylation sites is 1. The van der Waals surface area contributed by atoms with Crippen LogP contribution in [0.15, 0.2) is 60.7 Å². The van der Waals surface area contributed by atoms with Gasteiger partial charge in [0.15, 0.2) is 11.5 Å². The van der Waals surface area contributed by atoms with E-state index in [2.05, 4.69) is 5.32 Å². The normalized spacial score (nSPS) is 10.9. The van der Waals surface area contributed by atoms with Crippen LogP contribution < -0.4 is 14.8 Å². The molecule has 0 heterocycles. The molecule has 0 aliphatic rings. The fraction of sp³-hybridized carbons (Fsp3) is 0.143. The minimum absolute atomic E-state index is 0.0309. The third-order valence-electron chi connectivity index (χ3n) is 3.60. The minimum atomic E-state index is -1.10. The Bertz CT molecular complexity index is 871. The van der Waals surface area contributed by atoms with Crippen LogP contribution in [0, 0.1) is 0 Å². The first-order chi connectivity index (χ1) is 13.0. The molecule has 0 aromatic heterocycles. The summed E-state index contributed by atoms with van der Waals surface area (Å²) in [5, 5.41) is 11.7. The molecule has 0 radical (unpaired) electrons. The molecule has 0 saturated carbocycles. The standard InChI is InChI=1S/C21H21NO5/c1-3-4-13-27-19-14-15(9-11-18(19)26-2)10-12-20(23)22-17-8-6-5-7-16(17)21(24)25/h3-12,14H,13H2,1-2H3,(H,22,23)(H,24,25)/b4-3+,12-10+. The molecule has 0 aliphatic carbocycles. The second-order valence-electron chi connectivity index (χ2n) is 5.46. The number of amides is 1. The van der Waals surface area contributed by atoms with Crippen LogP contribution in [0.25, 0.3) is 6.08 Å². The van der Waals surface area contributed by atoms with Crippen LogP contribution >= 0.6 is 0 Å². The van der Waals surface area contributed by atoms with Crippen molar-refractivity contribution >= 4 is 23.6 Å². The lowest BCUT2D eigenvalue weighted by Crippen LogP contribution is -2.11. The molecule has 1 amide bonds. The van der Waals surface area contributed by atoms with Crippen LogP contribution in [0.4, 0.5) is 5.69 Å². The summed E-state index contributed by atoms with van der Waals surface area (Å²) >= 11 is 0. The fourth-order valence-electron chi connectivity index (χ4n) is 2.27. The summed E-state index contributed by atoms with van der Waals surface area (Å²) < 4.78 is 10.9. The lowest BCUT2D eigenvalue weighted by Gasteiger charge is -2.10. The molecule has 6 nitrogen and oxygen atoms in total. The number of rotatable bonds is 8. The number of carbonyl (C=O) groups is 2. The summed E-state index contributed by atoms with van der Waals surface area (Å²) in [5.74, 6) is -0.380. The molecule has 0 bridgehead atoms. The van der Waals surface area contributed by atoms with Gasteiger partial charge < -0.3 is 19.9 Å². The van der Waals surface area contributed by atoms with E-state index >= 15 is 0 Å². The third-order valence-corrected chi connectivity index (χ3v) is 3.60. The molecule has 6 heteroatoms. The van der Waals surface area contributed by atoms with Crippen molar-refractivity contribution < 1.29 is 24.2 Å². The van der Waals surface area contributed by atoms with E-state index in [1.54, 1.807) is 43.5 Å². The van der Waals surface area contributed by atoms with Crippen molar-refractivity contribution in [3.05, 3.63) is 71.8 Å². The Morgan fingerprint density at radius 1 is 1.15 bits per heavy atom. The predicted molar refractivity (Wildman–Crippen MR) is 104 cm³/mol. The van der Waals surface area contributed by atoms with Crippen molar-refractivity contribution in [2.45, 2.75) is 6.92 Å². The number of hydrogen-bond donors (Lipinski definition) is 2. The number of nitrogens with one attached hydrogen (secondary N) is 1. The molecule has 0 atom stereocenters. The molecule has 0 fully saturated rings. The average Bonchev–Trinajstić information content (AvgIpc) is 2.67. The van der Waals surface area contributed by atoms with Gasteiger partial charge in [-0.15, -0.1) is 0 Å². The third kappa shape index (κ3) is 5.74. The lowest BCUT2D eigenvalue weighted by atomic mass is 10.1. The second-order valence-corrected chi connectivity index (χ2v) is 5.46. The number of carboxylic acid groups (broad SMARTS) is 1. The van der Waals surface area contributed by atoms with Gasteiger partial charge in [-0.25, -0.2) is 4.79 Å². The number of hydrogen-bond acceptors (Lipinski definition) is 4. The quantitative estimate of drug-likeness (QED) is 0.544. The smallest absolute Gasteiger partial charge is 0.337 e. The number of ether oxygens (including phenoxy) is 2. The Hall–Kier alpha value is -3.54. The minimum Gasteiger partial charge on any atom is -0.493 e. The van der Waals surface area contributed by atoms with E-state index in [0.29, 0.717) is 18.1 Å². The first-order valence-electron chi connectivity index (χ1n) is 8.28. The maximum Gasteiger partial charge on any atom is 0.337 e. The Labute approximate surface area is 157 Å². The molecular weight excluding hydrogens is 346 g/mol. The van der Waals surface area contributed by atoms with E-state index in [9.17, 15) is 9.59 Å². The maximum atomic E-state index is 12.1. The van der Waals surface area contributed by atoms with E-state index < -0.39 is 11.9 Å². The van der Waals surface area contributed by atoms with Gasteiger partial charge in [0.25, 0.3) is 0 Å². The second kappa shape index (κ2) is 9.82. The Morgan fingerprint density at radius 2 is 1.93 bits per heavy atom. The van der Waals surface area contributed by atoms with E-state index in [1.165, 1.54) is 18.2 Å². The van der Waals surface area contributed by atoms with Crippen molar-refractivity contribution in [3.63, 3.8) is 0 Å². The highest BCUT2D eigenvalue weighted by molar-refractivity contribution is 6.06. The topological polar surface area (TPSA) is 84.9 Å². The molecule has 2 N–H and O–H groups in total. The van der Waals surface area contributed by atoms with E-state index in [1.807, 2.05) is 19.1 Å². The maximum absolute atomic E-state index is 12.1. The number of benzene rings is 2. The molecule has 27 heavy (non-hydrogen) atoms. The van der Waals surface area contributed by atoms with E-state index in [0.717, 1.165) is 5.56 Å². The van der Waals surface area contributed by atoms with E-state index in [-0.39, 0.29) is 11.3 Å². The van der Waals surface area contributed by atoms with Crippen molar-refractivity contribution in [1.29, 1.82) is 0 Å². The van der Waals surface area contributed by atoms with Crippen LogP contribution in [0.1, 0.15) is 22.8 Å². The molecule has 0 unspecified atom stereocenters. The van der Waals surface area contributed by atoms with Crippen molar-refractivity contribution in [2.24, 2.45) is 0 Å². The molecule has 0 saturated heterocycles. The molecule has 2 aromatic rings. The Kier molecular flexibility index (Phi) is 7.19. The van der Waals surface area contributed by atoms with Gasteiger partial charge in [-0.05, 0) is 42.8 Å². The zero-order valence-corrected chi connectivity index (χ0v) is 15.1. The number of carboxylic acids is 1. The summed E-state index contributed by atoms with van der Waals surface area (Å²) in [4.78, 5) is 23.3. The zero-order chi connectivity index (χ0) is 19.6. The van der Waals surface area contributed by atoms with Crippen LogP contribution in [0.3, 0.4) is 0 Å². The van der Waals surface area contributed by atoms with Gasteiger partial charge in [-0.2, -0.15) is 0 Å². The van der Waals surface area contributed by atoms with Gasteiger partial charge in [-0.1, -0.05) is 30.4 Å². The van der Waals surface area contributed by atoms with Crippen LogP contribution in [0.5, 0.6) is 11.5 Å². The fourth-order valence-corrected chi connectivity index (χ4v) is 2.27. The summed E-state index contributed by atoms with van der Waals surface area (Å²) in [5.41, 5.74) is 1.01. The Morgan fingerprint density at radius 3 is 2.63 bits per heavy atom. The molecule has 0 spiro atoms. The van der Waals surface area contributed by atoms with Gasteiger partial charge in [0.05, 0.1) is 18.4 Å². The summed E-state index contributed by atoms with van der Waals surface area (Å²) in [6, 6.07) is 11.5. The van der Waals surface area contributed by atoms with Crippen LogP contribution in [-0.4, -0.2) is 30.7 Å². The zero-order valence-electron chi connectivity index (χ0n) is 15.1. The van der Waals surface area contributed by atoms with Crippen LogP contribution in [-0.2, 0) is 4.79 Å². The number of aromatic carboxylic acids is 1. The summed E-state index contributed by atoms with van der Waals surface area (Å²) in [6.45, 7) is 2.31. The molecular formula is C21H21NO5. The van der Waals surface area contributed by atoms with Gasteiger partial charge in [0.1, 0.15) is 6.61 Å². The van der Waals surface area contributed by atoms with E-state index in [4.69, 9.17) is 14.6 Å². The van der Waals surface area contributed by atoms with Gasteiger partial charge in [0, 0.05) is 6.08 Å². The molecule has 2 aromatic carbocycles. The largest absolute Gasteiger partial charge is 0.493 e. The van der Waals surface area contributed by atoms with Crippen LogP contribution in [0.2, 0.25) is 0 Å². The number of carbonyl (C=O) groups excluding carboxylic acids is 1. The highest BCUT2D eigenvalue weighted by atomic mass is 16.5. The SMILES string of the molecule is C/C=C/COc1cc(/C=C/C(=O)Nc2ccccc2C(=O)O)ccc1OC. The highest BCUT2D eigenvalue weighted by Crippen LogP contribution is 2.28. The molecule has 2 rings (SSSR count). The molecule has 0 aliphatic heterocycles. The van der Waals surface area contributed by atoms with Crippen molar-refractivity contribution in [2.75, 3.05) is 19.0 Å². The number of methoxy groups -OCH3 is 1. The van der Waals surface area contributed by atoms with Crippen molar-refractivity contribution in [3.8, 4) is 11.5 Å². The average molecular weight is 367 g/mol. The summed E-state index contributed by atoms with van der Waals surface area (Å²) in [7, 11) is 1.56. The van der Waals surface area contributed by atoms with Gasteiger partial charge in [0.2, 0.25) is 5.91 Å². The summed E-state index contributed by atoms with van der Waals surface area (Å²) in [6.07, 6.45) is 6.70. The Balaban J connectivity index is 2.12. The van der Waals surface area contributed by atoms with Gasteiger partial charge in [-0.3, -0.25) is 4.79 Å². The first-order valence-corrected chi connectivity index (χ1v) is 8.28. The number of anilines is 1. The monoisotopic (exact) mass is 367 g/mol. The first kappa shape index (κ1) is 19.8. The predicted octanol–water partition coefficient (Wildman–Crippen LogP) is 4.00. The number of allylic oxidation sites excluding steroid dienone is 1. The highest BCUT2D eigenvalue weighted by Gasteiger charge is 2.10. The van der Waals surface area contributed by atoms with Gasteiger partial charge >= 0.3 is 5.97 Å².